The Balaban J connectivity index is 2.18. The van der Waals surface area contributed by atoms with Crippen molar-refractivity contribution in [3.05, 3.63) is 66.5 Å². The van der Waals surface area contributed by atoms with Crippen LogP contribution >= 0.6 is 0 Å². The van der Waals surface area contributed by atoms with Crippen LogP contribution in [0.5, 0.6) is 0 Å². The molecule has 1 unspecified atom stereocenters. The summed E-state index contributed by atoms with van der Waals surface area (Å²) in [5.74, 6) is -0.958. The van der Waals surface area contributed by atoms with Crippen molar-refractivity contribution in [2.24, 2.45) is 0 Å². The minimum absolute atomic E-state index is 0.384. The van der Waals surface area contributed by atoms with Crippen molar-refractivity contribution in [3.8, 4) is 0 Å². The largest absolute Gasteiger partial charge is 0.494 e. The third-order valence-electron chi connectivity index (χ3n) is 4.58. The van der Waals surface area contributed by atoms with Crippen LogP contribution in [-0.4, -0.2) is 18.3 Å². The third kappa shape index (κ3) is 4.25. The van der Waals surface area contributed by atoms with E-state index in [1.165, 1.54) is 6.07 Å². The Labute approximate surface area is 147 Å². The molecule has 0 amide bonds. The normalized spacial score (nSPS) is 23.2. The van der Waals surface area contributed by atoms with E-state index in [0.29, 0.717) is 11.9 Å². The molecule has 6 heteroatoms. The SMILES string of the molecule is C=CC=CC=CCC1(C)OB(c2ccc(C(F)F)c(F)c2)OC1(C)C. The van der Waals surface area contributed by atoms with Gasteiger partial charge in [0.1, 0.15) is 5.82 Å². The van der Waals surface area contributed by atoms with Crippen LogP contribution in [0.25, 0.3) is 0 Å². The van der Waals surface area contributed by atoms with E-state index in [0.717, 1.165) is 12.1 Å². The van der Waals surface area contributed by atoms with E-state index < -0.39 is 36.1 Å². The molecule has 1 heterocycles. The summed E-state index contributed by atoms with van der Waals surface area (Å²) in [5, 5.41) is 0. The Morgan fingerprint density at radius 1 is 1.16 bits per heavy atom. The minimum atomic E-state index is -2.85. The summed E-state index contributed by atoms with van der Waals surface area (Å²) in [7, 11) is -0.807. The first-order valence-corrected chi connectivity index (χ1v) is 8.07. The van der Waals surface area contributed by atoms with E-state index >= 15 is 0 Å². The average molecular weight is 350 g/mol. The number of benzene rings is 1. The number of hydrogen-bond acceptors (Lipinski definition) is 2. The van der Waals surface area contributed by atoms with Crippen LogP contribution < -0.4 is 5.46 Å². The van der Waals surface area contributed by atoms with Crippen LogP contribution in [0.3, 0.4) is 0 Å². The Morgan fingerprint density at radius 3 is 2.48 bits per heavy atom. The Bertz CT molecular complexity index is 685. The number of rotatable bonds is 6. The maximum absolute atomic E-state index is 13.8. The van der Waals surface area contributed by atoms with Crippen molar-refractivity contribution in [1.82, 2.24) is 0 Å². The highest BCUT2D eigenvalue weighted by molar-refractivity contribution is 6.62. The summed E-state index contributed by atoms with van der Waals surface area (Å²) in [6.45, 7) is 9.30. The molecular formula is C19H22BF3O2. The third-order valence-corrected chi connectivity index (χ3v) is 4.58. The fourth-order valence-corrected chi connectivity index (χ4v) is 2.61. The van der Waals surface area contributed by atoms with Gasteiger partial charge in [-0.2, -0.15) is 0 Å². The molecule has 1 aromatic rings. The highest BCUT2D eigenvalue weighted by Crippen LogP contribution is 2.40. The molecule has 0 bridgehead atoms. The van der Waals surface area contributed by atoms with Gasteiger partial charge in [-0.15, -0.1) is 0 Å². The topological polar surface area (TPSA) is 18.5 Å². The van der Waals surface area contributed by atoms with Crippen molar-refractivity contribution in [3.63, 3.8) is 0 Å². The average Bonchev–Trinajstić information content (AvgIpc) is 2.77. The van der Waals surface area contributed by atoms with Crippen LogP contribution in [0.1, 0.15) is 39.2 Å². The first-order valence-electron chi connectivity index (χ1n) is 8.07. The van der Waals surface area contributed by atoms with Gasteiger partial charge in [0.2, 0.25) is 0 Å². The zero-order chi connectivity index (χ0) is 18.7. The molecule has 2 nitrogen and oxygen atoms in total. The summed E-state index contributed by atoms with van der Waals surface area (Å²) in [4.78, 5) is 0. The van der Waals surface area contributed by atoms with Gasteiger partial charge in [0.05, 0.1) is 16.8 Å². The Hall–Kier alpha value is -1.79. The van der Waals surface area contributed by atoms with Gasteiger partial charge in [-0.25, -0.2) is 13.2 Å². The molecule has 0 aromatic heterocycles. The van der Waals surface area contributed by atoms with E-state index in [-0.39, 0.29) is 0 Å². The van der Waals surface area contributed by atoms with Gasteiger partial charge in [-0.1, -0.05) is 49.1 Å². The summed E-state index contributed by atoms with van der Waals surface area (Å²) >= 11 is 0. The molecule has 1 fully saturated rings. The van der Waals surface area contributed by atoms with Crippen molar-refractivity contribution in [1.29, 1.82) is 0 Å². The van der Waals surface area contributed by atoms with Gasteiger partial charge in [0.15, 0.2) is 0 Å². The molecule has 1 aromatic carbocycles. The molecule has 1 atom stereocenters. The molecular weight excluding hydrogens is 328 g/mol. The van der Waals surface area contributed by atoms with Crippen LogP contribution in [-0.2, 0) is 9.31 Å². The highest BCUT2D eigenvalue weighted by Gasteiger charge is 2.53. The van der Waals surface area contributed by atoms with Crippen LogP contribution in [0.15, 0.2) is 55.2 Å². The minimum Gasteiger partial charge on any atom is -0.399 e. The standard InChI is InChI=1S/C19H22BF3O2/c1-5-6-7-8-9-12-19(4)18(2,3)24-20(25-19)14-10-11-15(17(22)23)16(21)13-14/h5-11,13,17H,1,12H2,2-4H3. The molecule has 134 valence electrons. The van der Waals surface area contributed by atoms with E-state index in [2.05, 4.69) is 6.58 Å². The molecule has 1 aliphatic rings. The van der Waals surface area contributed by atoms with Gasteiger partial charge in [0.25, 0.3) is 6.43 Å². The first kappa shape index (κ1) is 19.5. The second-order valence-electron chi connectivity index (χ2n) is 6.64. The van der Waals surface area contributed by atoms with E-state index in [1.807, 2.05) is 45.1 Å². The van der Waals surface area contributed by atoms with Gasteiger partial charge >= 0.3 is 7.12 Å². The molecule has 25 heavy (non-hydrogen) atoms. The maximum Gasteiger partial charge on any atom is 0.494 e. The second-order valence-corrected chi connectivity index (χ2v) is 6.64. The highest BCUT2D eigenvalue weighted by atomic mass is 19.3. The number of hydrogen-bond donors (Lipinski definition) is 0. The number of allylic oxidation sites excluding steroid dienone is 4. The fourth-order valence-electron chi connectivity index (χ4n) is 2.61. The Morgan fingerprint density at radius 2 is 1.88 bits per heavy atom. The summed E-state index contributed by atoms with van der Waals surface area (Å²) in [6, 6.07) is 3.54. The number of halogens is 3. The molecule has 1 saturated heterocycles. The van der Waals surface area contributed by atoms with Crippen LogP contribution in [0.2, 0.25) is 0 Å². The van der Waals surface area contributed by atoms with Gasteiger partial charge in [-0.3, -0.25) is 0 Å². The lowest BCUT2D eigenvalue weighted by Crippen LogP contribution is -2.44. The van der Waals surface area contributed by atoms with Crippen molar-refractivity contribution < 1.29 is 22.5 Å². The monoisotopic (exact) mass is 350 g/mol. The van der Waals surface area contributed by atoms with Crippen LogP contribution in [0, 0.1) is 5.82 Å². The second kappa shape index (κ2) is 7.62. The molecule has 0 saturated carbocycles. The van der Waals surface area contributed by atoms with Crippen molar-refractivity contribution >= 4 is 12.6 Å². The molecule has 0 spiro atoms. The Kier molecular flexibility index (Phi) is 5.96. The lowest BCUT2D eigenvalue weighted by atomic mass is 9.78. The van der Waals surface area contributed by atoms with Gasteiger partial charge in [0, 0.05) is 0 Å². The maximum atomic E-state index is 13.8. The zero-order valence-corrected chi connectivity index (χ0v) is 14.6. The zero-order valence-electron chi connectivity index (χ0n) is 14.6. The van der Waals surface area contributed by atoms with Gasteiger partial charge in [-0.05, 0) is 38.7 Å². The van der Waals surface area contributed by atoms with Crippen molar-refractivity contribution in [2.75, 3.05) is 0 Å². The van der Waals surface area contributed by atoms with E-state index in [9.17, 15) is 13.2 Å². The summed E-state index contributed by atoms with van der Waals surface area (Å²) in [5.41, 5.74) is -1.52. The quantitative estimate of drug-likeness (QED) is 0.545. The summed E-state index contributed by atoms with van der Waals surface area (Å²) < 4.78 is 51.2. The van der Waals surface area contributed by atoms with Crippen LogP contribution in [0.4, 0.5) is 13.2 Å². The molecule has 0 N–H and O–H groups in total. The van der Waals surface area contributed by atoms with Crippen molar-refractivity contribution in [2.45, 2.75) is 44.8 Å². The van der Waals surface area contributed by atoms with Gasteiger partial charge < -0.3 is 9.31 Å². The number of alkyl halides is 2. The predicted octanol–water partition coefficient (Wildman–Crippen LogP) is 4.73. The van der Waals surface area contributed by atoms with E-state index in [4.69, 9.17) is 9.31 Å². The lowest BCUT2D eigenvalue weighted by Gasteiger charge is -2.35. The summed E-state index contributed by atoms with van der Waals surface area (Å²) in [6.07, 6.45) is 6.91. The smallest absolute Gasteiger partial charge is 0.399 e. The first-order chi connectivity index (χ1) is 11.7. The molecule has 2 rings (SSSR count). The molecule has 0 radical (unpaired) electrons. The van der Waals surface area contributed by atoms with E-state index in [1.54, 1.807) is 6.08 Å². The molecule has 0 aliphatic carbocycles. The predicted molar refractivity (Wildman–Crippen MR) is 94.5 cm³/mol. The molecule has 1 aliphatic heterocycles. The fraction of sp³-hybridized carbons (Fsp3) is 0.368. The lowest BCUT2D eigenvalue weighted by molar-refractivity contribution is -0.00674.